The first-order valence-electron chi connectivity index (χ1n) is 7.58. The van der Waals surface area contributed by atoms with Crippen LogP contribution in [0.15, 0.2) is 47.4 Å². The third kappa shape index (κ3) is 3.12. The van der Waals surface area contributed by atoms with Gasteiger partial charge in [0.15, 0.2) is 0 Å². The molecule has 0 aromatic heterocycles. The van der Waals surface area contributed by atoms with Crippen LogP contribution >= 0.6 is 0 Å². The summed E-state index contributed by atoms with van der Waals surface area (Å²) in [4.78, 5) is 0.192. The Labute approximate surface area is 137 Å². The number of rotatable bonds is 4. The van der Waals surface area contributed by atoms with Crippen molar-refractivity contribution >= 4 is 10.0 Å². The molecule has 0 saturated carbocycles. The van der Waals surface area contributed by atoms with Crippen LogP contribution in [0, 0.1) is 6.92 Å². The summed E-state index contributed by atoms with van der Waals surface area (Å²) in [7, 11) is -2.18. The van der Waals surface area contributed by atoms with Gasteiger partial charge in [-0.2, -0.15) is 0 Å². The van der Waals surface area contributed by atoms with E-state index in [0.717, 1.165) is 5.56 Å². The molecule has 0 unspecified atom stereocenters. The summed E-state index contributed by atoms with van der Waals surface area (Å²) in [5.41, 5.74) is 2.77. The minimum absolute atomic E-state index is 0.192. The maximum atomic E-state index is 12.9. The molecule has 122 valence electrons. The van der Waals surface area contributed by atoms with Crippen molar-refractivity contribution in [3.8, 4) is 5.75 Å². The summed E-state index contributed by atoms with van der Waals surface area (Å²) >= 11 is 0. The smallest absolute Gasteiger partial charge is 0.244 e. The first-order chi connectivity index (χ1) is 10.8. The first-order valence-corrected chi connectivity index (χ1v) is 9.07. The van der Waals surface area contributed by atoms with Gasteiger partial charge in [0.05, 0.1) is 7.11 Å². The molecule has 0 radical (unpaired) electrons. The summed E-state index contributed by atoms with van der Waals surface area (Å²) in [6, 6.07) is 13.3. The standard InChI is InChI=1S/C18H21NO3S/c1-13-8-9-16(22-3)17(10-13)23(20,21)19-18(2)11-14-6-4-5-7-15(14)12-18/h4-10,19H,11-12H2,1-3H3. The van der Waals surface area contributed by atoms with Crippen molar-refractivity contribution in [2.75, 3.05) is 7.11 Å². The fourth-order valence-corrected chi connectivity index (χ4v) is 4.91. The number of aryl methyl sites for hydroxylation is 1. The average molecular weight is 331 g/mol. The van der Waals surface area contributed by atoms with E-state index in [0.29, 0.717) is 18.6 Å². The van der Waals surface area contributed by atoms with Crippen LogP contribution in [0.25, 0.3) is 0 Å². The van der Waals surface area contributed by atoms with Gasteiger partial charge in [-0.3, -0.25) is 0 Å². The van der Waals surface area contributed by atoms with E-state index in [1.165, 1.54) is 18.2 Å². The van der Waals surface area contributed by atoms with Gasteiger partial charge in [-0.05, 0) is 55.5 Å². The Balaban J connectivity index is 1.92. The van der Waals surface area contributed by atoms with Crippen molar-refractivity contribution in [1.29, 1.82) is 0 Å². The van der Waals surface area contributed by atoms with E-state index < -0.39 is 15.6 Å². The summed E-state index contributed by atoms with van der Waals surface area (Å²) in [5.74, 6) is 0.363. The summed E-state index contributed by atoms with van der Waals surface area (Å²) in [5, 5.41) is 0. The second kappa shape index (κ2) is 5.65. The number of fused-ring (bicyclic) bond motifs is 1. The molecule has 0 heterocycles. The fourth-order valence-electron chi connectivity index (χ4n) is 3.25. The molecule has 0 bridgehead atoms. The van der Waals surface area contributed by atoms with Gasteiger partial charge in [-0.25, -0.2) is 13.1 Å². The van der Waals surface area contributed by atoms with Crippen molar-refractivity contribution < 1.29 is 13.2 Å². The number of nitrogens with one attached hydrogen (secondary N) is 1. The van der Waals surface area contributed by atoms with Crippen molar-refractivity contribution in [3.63, 3.8) is 0 Å². The Morgan fingerprint density at radius 1 is 1.09 bits per heavy atom. The molecule has 2 aromatic carbocycles. The van der Waals surface area contributed by atoms with E-state index in [4.69, 9.17) is 4.74 Å². The maximum absolute atomic E-state index is 12.9. The predicted octanol–water partition coefficient (Wildman–Crippen LogP) is 2.84. The van der Waals surface area contributed by atoms with E-state index >= 15 is 0 Å². The van der Waals surface area contributed by atoms with Gasteiger partial charge in [0, 0.05) is 5.54 Å². The second-order valence-electron chi connectivity index (χ2n) is 6.44. The Bertz CT molecular complexity index is 818. The van der Waals surface area contributed by atoms with Crippen LogP contribution in [0.3, 0.4) is 0 Å². The molecule has 4 nitrogen and oxygen atoms in total. The third-order valence-electron chi connectivity index (χ3n) is 4.27. The molecular formula is C18H21NO3S. The van der Waals surface area contributed by atoms with Gasteiger partial charge < -0.3 is 4.74 Å². The largest absolute Gasteiger partial charge is 0.495 e. The van der Waals surface area contributed by atoms with Crippen LogP contribution in [0.4, 0.5) is 0 Å². The average Bonchev–Trinajstić information content (AvgIpc) is 2.81. The number of benzene rings is 2. The van der Waals surface area contributed by atoms with Crippen molar-refractivity contribution in [2.24, 2.45) is 0 Å². The summed E-state index contributed by atoms with van der Waals surface area (Å²) in [6.45, 7) is 3.82. The maximum Gasteiger partial charge on any atom is 0.244 e. The van der Waals surface area contributed by atoms with E-state index in [1.807, 2.05) is 32.0 Å². The van der Waals surface area contributed by atoms with Crippen LogP contribution in [-0.2, 0) is 22.9 Å². The number of ether oxygens (including phenoxy) is 1. The van der Waals surface area contributed by atoms with E-state index in [2.05, 4.69) is 16.9 Å². The Morgan fingerprint density at radius 3 is 2.26 bits per heavy atom. The molecule has 0 spiro atoms. The van der Waals surface area contributed by atoms with Crippen molar-refractivity contribution in [3.05, 3.63) is 59.2 Å². The molecule has 0 fully saturated rings. The van der Waals surface area contributed by atoms with Crippen LogP contribution in [-0.4, -0.2) is 21.1 Å². The first kappa shape index (κ1) is 16.0. The van der Waals surface area contributed by atoms with Crippen molar-refractivity contribution in [2.45, 2.75) is 37.1 Å². The SMILES string of the molecule is COc1ccc(C)cc1S(=O)(=O)NC1(C)Cc2ccccc2C1. The van der Waals surface area contributed by atoms with Crippen LogP contribution in [0.5, 0.6) is 5.75 Å². The molecule has 23 heavy (non-hydrogen) atoms. The lowest BCUT2D eigenvalue weighted by molar-refractivity contribution is 0.398. The van der Waals surface area contributed by atoms with Crippen LogP contribution in [0.1, 0.15) is 23.6 Å². The van der Waals surface area contributed by atoms with E-state index in [1.54, 1.807) is 12.1 Å². The molecule has 0 aliphatic heterocycles. The molecule has 1 aliphatic rings. The second-order valence-corrected chi connectivity index (χ2v) is 8.09. The van der Waals surface area contributed by atoms with Gasteiger partial charge in [0.2, 0.25) is 10.0 Å². The zero-order valence-corrected chi connectivity index (χ0v) is 14.4. The highest BCUT2D eigenvalue weighted by molar-refractivity contribution is 7.89. The molecular weight excluding hydrogens is 310 g/mol. The van der Waals surface area contributed by atoms with Gasteiger partial charge in [-0.15, -0.1) is 0 Å². The molecule has 0 saturated heterocycles. The monoisotopic (exact) mass is 331 g/mol. The van der Waals surface area contributed by atoms with Crippen molar-refractivity contribution in [1.82, 2.24) is 4.72 Å². The number of sulfonamides is 1. The highest BCUT2D eigenvalue weighted by atomic mass is 32.2. The third-order valence-corrected chi connectivity index (χ3v) is 5.93. The Hall–Kier alpha value is -1.85. The Morgan fingerprint density at radius 2 is 1.70 bits per heavy atom. The number of methoxy groups -OCH3 is 1. The molecule has 3 rings (SSSR count). The van der Waals surface area contributed by atoms with Gasteiger partial charge in [-0.1, -0.05) is 30.3 Å². The fraction of sp³-hybridized carbons (Fsp3) is 0.333. The molecule has 1 aliphatic carbocycles. The van der Waals surface area contributed by atoms with Gasteiger partial charge in [0.25, 0.3) is 0 Å². The van der Waals surface area contributed by atoms with Gasteiger partial charge in [0.1, 0.15) is 10.6 Å². The minimum Gasteiger partial charge on any atom is -0.495 e. The lowest BCUT2D eigenvalue weighted by Gasteiger charge is -2.25. The van der Waals surface area contributed by atoms with E-state index in [-0.39, 0.29) is 4.90 Å². The normalized spacial score (nSPS) is 16.1. The van der Waals surface area contributed by atoms with Crippen LogP contribution < -0.4 is 9.46 Å². The molecule has 1 N–H and O–H groups in total. The molecule has 0 atom stereocenters. The number of hydrogen-bond acceptors (Lipinski definition) is 3. The highest BCUT2D eigenvalue weighted by Crippen LogP contribution is 2.32. The zero-order valence-electron chi connectivity index (χ0n) is 13.6. The van der Waals surface area contributed by atoms with E-state index in [9.17, 15) is 8.42 Å². The topological polar surface area (TPSA) is 55.4 Å². The summed E-state index contributed by atoms with van der Waals surface area (Å²) < 4.78 is 33.9. The lowest BCUT2D eigenvalue weighted by atomic mass is 10.0. The highest BCUT2D eigenvalue weighted by Gasteiger charge is 2.37. The zero-order chi connectivity index (χ0) is 16.7. The predicted molar refractivity (Wildman–Crippen MR) is 90.3 cm³/mol. The van der Waals surface area contributed by atoms with Crippen LogP contribution in [0.2, 0.25) is 0 Å². The summed E-state index contributed by atoms with van der Waals surface area (Å²) in [6.07, 6.45) is 1.38. The number of hydrogen-bond donors (Lipinski definition) is 1. The lowest BCUT2D eigenvalue weighted by Crippen LogP contribution is -2.46. The Kier molecular flexibility index (Phi) is 3.94. The van der Waals surface area contributed by atoms with Gasteiger partial charge >= 0.3 is 0 Å². The quantitative estimate of drug-likeness (QED) is 0.937. The minimum atomic E-state index is -3.66. The molecule has 0 amide bonds. The molecule has 5 heteroatoms. The molecule has 2 aromatic rings.